The minimum atomic E-state index is 1.16. The van der Waals surface area contributed by atoms with Gasteiger partial charge in [-0.25, -0.2) is 0 Å². The first kappa shape index (κ1) is 33.1. The van der Waals surface area contributed by atoms with E-state index in [9.17, 15) is 0 Å². The van der Waals surface area contributed by atoms with E-state index in [1.54, 1.807) is 0 Å². The maximum atomic E-state index is 2.43. The van der Waals surface area contributed by atoms with E-state index < -0.39 is 0 Å². The lowest BCUT2D eigenvalue weighted by Crippen LogP contribution is -1.94. The SMILES string of the molecule is c1ccc(-n2c3ccccc3c3cc(-c4ccc5c(c4)c4ccccc4n5-c4ccc5cc(-c6cc7ccc8ccccc8c7c7ccccc67)ccc5c4)ccc32)cc1. The Labute approximate surface area is 346 Å². The predicted octanol–water partition coefficient (Wildman–Crippen LogP) is 15.8. The zero-order valence-electron chi connectivity index (χ0n) is 32.7. The van der Waals surface area contributed by atoms with Crippen LogP contribution >= 0.6 is 0 Å². The van der Waals surface area contributed by atoms with Crippen molar-refractivity contribution < 1.29 is 0 Å². The summed E-state index contributed by atoms with van der Waals surface area (Å²) in [5, 5.41) is 15.2. The quantitative estimate of drug-likeness (QED) is 0.158. The third-order valence-electron chi connectivity index (χ3n) is 12.8. The summed E-state index contributed by atoms with van der Waals surface area (Å²) in [4.78, 5) is 0. The van der Waals surface area contributed by atoms with Crippen molar-refractivity contribution in [1.82, 2.24) is 9.13 Å². The summed E-state index contributed by atoms with van der Waals surface area (Å²) in [7, 11) is 0. The standard InChI is InChI=1S/C58H36N2/c1-2-13-44(14-3-1)59-54-20-10-8-17-48(54)52-34-40(27-30-56(52)59)41-28-31-57-53(35-41)49-18-9-11-21-55(49)60(57)45-29-26-38-32-42(24-23-39(38)33-45)51-36-43-25-22-37-12-4-5-15-46(37)58(43)50-19-7-6-16-47(50)51/h1-36H. The van der Waals surface area contributed by atoms with Crippen LogP contribution in [0.25, 0.3) is 120 Å². The van der Waals surface area contributed by atoms with Crippen LogP contribution in [0, 0.1) is 0 Å². The fraction of sp³-hybridized carbons (Fsp3) is 0. The lowest BCUT2D eigenvalue weighted by molar-refractivity contribution is 1.18. The van der Waals surface area contributed by atoms with Crippen LogP contribution in [0.3, 0.4) is 0 Å². The number of hydrogen-bond acceptors (Lipinski definition) is 0. The van der Waals surface area contributed by atoms with Gasteiger partial charge in [-0.15, -0.1) is 0 Å². The molecule has 2 nitrogen and oxygen atoms in total. The minimum absolute atomic E-state index is 1.16. The molecule has 2 heteroatoms. The normalized spacial score (nSPS) is 12.0. The number of aromatic nitrogens is 2. The lowest BCUT2D eigenvalue weighted by atomic mass is 9.90. The topological polar surface area (TPSA) is 9.86 Å². The first-order valence-electron chi connectivity index (χ1n) is 20.8. The number of para-hydroxylation sites is 3. The molecule has 13 aromatic rings. The van der Waals surface area contributed by atoms with Gasteiger partial charge in [0.1, 0.15) is 0 Å². The van der Waals surface area contributed by atoms with Gasteiger partial charge in [0.15, 0.2) is 0 Å². The van der Waals surface area contributed by atoms with E-state index in [2.05, 4.69) is 228 Å². The van der Waals surface area contributed by atoms with Gasteiger partial charge in [0.2, 0.25) is 0 Å². The second-order valence-corrected chi connectivity index (χ2v) is 16.1. The van der Waals surface area contributed by atoms with Gasteiger partial charge < -0.3 is 9.13 Å². The highest BCUT2D eigenvalue weighted by Gasteiger charge is 2.17. The highest BCUT2D eigenvalue weighted by Crippen LogP contribution is 2.41. The Morgan fingerprint density at radius 3 is 1.45 bits per heavy atom. The Bertz CT molecular complexity index is 3880. The van der Waals surface area contributed by atoms with Gasteiger partial charge in [-0.05, 0) is 138 Å². The summed E-state index contributed by atoms with van der Waals surface area (Å²) in [6.07, 6.45) is 0. The molecule has 0 unspecified atom stereocenters. The Kier molecular flexibility index (Phi) is 7.05. The Morgan fingerprint density at radius 2 is 0.733 bits per heavy atom. The van der Waals surface area contributed by atoms with Crippen molar-refractivity contribution in [1.29, 1.82) is 0 Å². The Morgan fingerprint density at radius 1 is 0.233 bits per heavy atom. The molecule has 0 radical (unpaired) electrons. The molecule has 0 bridgehead atoms. The number of fused-ring (bicyclic) bond motifs is 12. The third kappa shape index (κ3) is 4.88. The first-order valence-corrected chi connectivity index (χ1v) is 20.8. The van der Waals surface area contributed by atoms with Crippen molar-refractivity contribution in [2.24, 2.45) is 0 Å². The summed E-state index contributed by atoms with van der Waals surface area (Å²) in [5.41, 5.74) is 12.1. The molecule has 0 saturated heterocycles. The van der Waals surface area contributed by atoms with Gasteiger partial charge in [0.05, 0.1) is 22.1 Å². The van der Waals surface area contributed by atoms with Crippen LogP contribution in [0.15, 0.2) is 218 Å². The molecule has 0 spiro atoms. The van der Waals surface area contributed by atoms with Crippen molar-refractivity contribution in [3.05, 3.63) is 218 Å². The lowest BCUT2D eigenvalue weighted by Gasteiger charge is -2.14. The molecule has 0 N–H and O–H groups in total. The van der Waals surface area contributed by atoms with E-state index in [-0.39, 0.29) is 0 Å². The number of nitrogens with zero attached hydrogens (tertiary/aromatic N) is 2. The van der Waals surface area contributed by atoms with Gasteiger partial charge in [-0.3, -0.25) is 0 Å². The highest BCUT2D eigenvalue weighted by atomic mass is 15.0. The molecule has 2 heterocycles. The van der Waals surface area contributed by atoms with Gasteiger partial charge in [-0.1, -0.05) is 146 Å². The van der Waals surface area contributed by atoms with Crippen molar-refractivity contribution in [2.45, 2.75) is 0 Å². The first-order chi connectivity index (χ1) is 29.7. The van der Waals surface area contributed by atoms with Crippen LogP contribution in [0.4, 0.5) is 0 Å². The molecule has 0 amide bonds. The molecule has 0 aliphatic heterocycles. The van der Waals surface area contributed by atoms with Crippen molar-refractivity contribution in [3.8, 4) is 33.6 Å². The average molecular weight is 761 g/mol. The minimum Gasteiger partial charge on any atom is -0.309 e. The summed E-state index contributed by atoms with van der Waals surface area (Å²) in [6, 6.07) is 80.6. The number of hydrogen-bond donors (Lipinski definition) is 0. The van der Waals surface area contributed by atoms with Crippen LogP contribution < -0.4 is 0 Å². The summed E-state index contributed by atoms with van der Waals surface area (Å²) < 4.78 is 4.81. The summed E-state index contributed by atoms with van der Waals surface area (Å²) in [5.74, 6) is 0. The maximum absolute atomic E-state index is 2.43. The van der Waals surface area contributed by atoms with Gasteiger partial charge in [0.25, 0.3) is 0 Å². The monoisotopic (exact) mass is 760 g/mol. The molecule has 0 aliphatic carbocycles. The van der Waals surface area contributed by atoms with Crippen LogP contribution in [0.5, 0.6) is 0 Å². The van der Waals surface area contributed by atoms with Crippen LogP contribution in [-0.2, 0) is 0 Å². The van der Waals surface area contributed by atoms with E-state index in [1.165, 1.54) is 115 Å². The molecule has 0 saturated carbocycles. The fourth-order valence-corrected chi connectivity index (χ4v) is 10.1. The highest BCUT2D eigenvalue weighted by molar-refractivity contribution is 6.23. The van der Waals surface area contributed by atoms with E-state index in [0.29, 0.717) is 0 Å². The summed E-state index contributed by atoms with van der Waals surface area (Å²) >= 11 is 0. The second-order valence-electron chi connectivity index (χ2n) is 16.1. The molecular weight excluding hydrogens is 725 g/mol. The second kappa shape index (κ2) is 12.8. The average Bonchev–Trinajstić information content (AvgIpc) is 3.83. The zero-order valence-corrected chi connectivity index (χ0v) is 32.7. The van der Waals surface area contributed by atoms with Gasteiger partial charge in [0, 0.05) is 32.9 Å². The molecule has 0 atom stereocenters. The van der Waals surface area contributed by atoms with E-state index in [0.717, 1.165) is 5.69 Å². The van der Waals surface area contributed by atoms with E-state index in [4.69, 9.17) is 0 Å². The molecule has 0 aliphatic rings. The van der Waals surface area contributed by atoms with Gasteiger partial charge >= 0.3 is 0 Å². The fourth-order valence-electron chi connectivity index (χ4n) is 10.1. The predicted molar refractivity (Wildman–Crippen MR) is 256 cm³/mol. The largest absolute Gasteiger partial charge is 0.309 e. The van der Waals surface area contributed by atoms with Crippen molar-refractivity contribution in [2.75, 3.05) is 0 Å². The number of benzene rings is 11. The number of rotatable bonds is 4. The summed E-state index contributed by atoms with van der Waals surface area (Å²) in [6.45, 7) is 0. The Hall–Kier alpha value is -7.94. The molecule has 60 heavy (non-hydrogen) atoms. The van der Waals surface area contributed by atoms with Crippen LogP contribution in [-0.4, -0.2) is 9.13 Å². The molecule has 0 fully saturated rings. The zero-order chi connectivity index (χ0) is 39.3. The maximum Gasteiger partial charge on any atom is 0.0541 e. The molecular formula is C58H36N2. The molecule has 2 aromatic heterocycles. The van der Waals surface area contributed by atoms with Crippen LogP contribution in [0.1, 0.15) is 0 Å². The third-order valence-corrected chi connectivity index (χ3v) is 12.8. The van der Waals surface area contributed by atoms with Crippen molar-refractivity contribution in [3.63, 3.8) is 0 Å². The van der Waals surface area contributed by atoms with E-state index >= 15 is 0 Å². The van der Waals surface area contributed by atoms with E-state index in [1.807, 2.05) is 0 Å². The Balaban J connectivity index is 0.924. The molecule has 11 aromatic carbocycles. The van der Waals surface area contributed by atoms with Crippen molar-refractivity contribution >= 4 is 86.7 Å². The molecule has 13 rings (SSSR count). The van der Waals surface area contributed by atoms with Gasteiger partial charge in [-0.2, -0.15) is 0 Å². The van der Waals surface area contributed by atoms with Crippen LogP contribution in [0.2, 0.25) is 0 Å². The smallest absolute Gasteiger partial charge is 0.0541 e. The molecule has 278 valence electrons.